The van der Waals surface area contributed by atoms with Crippen LogP contribution in [0, 0.1) is 10.1 Å². The molecule has 2 N–H and O–H groups in total. The van der Waals surface area contributed by atoms with Crippen molar-refractivity contribution >= 4 is 56.1 Å². The van der Waals surface area contributed by atoms with Crippen LogP contribution >= 0.6 is 27.3 Å². The molecular weight excluding hydrogens is 476 g/mol. The number of carbonyl (C=O) groups is 2. The number of anilines is 1. The first kappa shape index (κ1) is 21.2. The van der Waals surface area contributed by atoms with E-state index in [1.165, 1.54) is 30.5 Å². The maximum absolute atomic E-state index is 12.2. The second-order valence-electron chi connectivity index (χ2n) is 5.78. The Morgan fingerprint density at radius 3 is 2.50 bits per heavy atom. The van der Waals surface area contributed by atoms with Gasteiger partial charge < -0.3 is 0 Å². The van der Waals surface area contributed by atoms with E-state index in [2.05, 4.69) is 42.0 Å². The van der Waals surface area contributed by atoms with Crippen LogP contribution in [0.5, 0.6) is 0 Å². The number of benzene rings is 2. The number of nitro groups is 1. The number of aromatic nitrogens is 2. The summed E-state index contributed by atoms with van der Waals surface area (Å²) in [6.45, 7) is 0. The van der Waals surface area contributed by atoms with Crippen LogP contribution in [0.15, 0.2) is 58.1 Å². The fourth-order valence-corrected chi connectivity index (χ4v) is 3.18. The molecule has 10 nitrogen and oxygen atoms in total. The lowest BCUT2D eigenvalue weighted by Gasteiger charge is -2.00. The lowest BCUT2D eigenvalue weighted by molar-refractivity contribution is -0.384. The summed E-state index contributed by atoms with van der Waals surface area (Å²) in [7, 11) is 0. The zero-order valence-corrected chi connectivity index (χ0v) is 17.5. The van der Waals surface area contributed by atoms with Crippen molar-refractivity contribution < 1.29 is 14.5 Å². The van der Waals surface area contributed by atoms with Crippen molar-refractivity contribution in [1.29, 1.82) is 0 Å². The van der Waals surface area contributed by atoms with Crippen molar-refractivity contribution in [2.75, 3.05) is 5.32 Å². The Morgan fingerprint density at radius 2 is 1.83 bits per heavy atom. The highest BCUT2D eigenvalue weighted by Crippen LogP contribution is 2.18. The molecule has 3 aromatic rings. The number of halogens is 1. The topological polar surface area (TPSA) is 139 Å². The smallest absolute Gasteiger partial charge is 0.269 e. The molecule has 2 amide bonds. The van der Waals surface area contributed by atoms with Crippen LogP contribution < -0.4 is 10.7 Å². The van der Waals surface area contributed by atoms with E-state index < -0.39 is 10.8 Å². The van der Waals surface area contributed by atoms with Gasteiger partial charge in [-0.15, -0.1) is 10.2 Å². The van der Waals surface area contributed by atoms with Crippen molar-refractivity contribution in [1.82, 2.24) is 15.6 Å². The van der Waals surface area contributed by atoms with Gasteiger partial charge in [-0.25, -0.2) is 5.43 Å². The van der Waals surface area contributed by atoms with E-state index in [1.807, 2.05) is 0 Å². The molecule has 0 radical (unpaired) electrons. The summed E-state index contributed by atoms with van der Waals surface area (Å²) >= 11 is 4.38. The van der Waals surface area contributed by atoms with Crippen LogP contribution in [0.1, 0.15) is 20.9 Å². The zero-order chi connectivity index (χ0) is 21.5. The molecule has 1 aromatic heterocycles. The largest absolute Gasteiger partial charge is 0.296 e. The Balaban J connectivity index is 1.50. The Labute approximate surface area is 182 Å². The number of nitrogens with one attached hydrogen (secondary N) is 2. The molecule has 1 heterocycles. The van der Waals surface area contributed by atoms with Crippen molar-refractivity contribution in [2.45, 2.75) is 6.42 Å². The zero-order valence-electron chi connectivity index (χ0n) is 15.1. The molecule has 0 aliphatic rings. The van der Waals surface area contributed by atoms with Crippen molar-refractivity contribution in [3.05, 3.63) is 79.3 Å². The molecule has 12 heteroatoms. The third-order valence-corrected chi connectivity index (χ3v) is 4.98. The number of nitrogens with zero attached hydrogens (tertiary/aromatic N) is 4. The molecule has 0 unspecified atom stereocenters. The molecule has 0 atom stereocenters. The van der Waals surface area contributed by atoms with Gasteiger partial charge in [-0.1, -0.05) is 27.3 Å². The number of hydrazone groups is 1. The maximum Gasteiger partial charge on any atom is 0.269 e. The van der Waals surface area contributed by atoms with Gasteiger partial charge in [0.1, 0.15) is 5.01 Å². The van der Waals surface area contributed by atoms with Gasteiger partial charge in [0.05, 0.1) is 17.6 Å². The highest BCUT2D eigenvalue weighted by molar-refractivity contribution is 9.10. The van der Waals surface area contributed by atoms with E-state index >= 15 is 0 Å². The molecule has 0 saturated carbocycles. The Morgan fingerprint density at radius 1 is 1.13 bits per heavy atom. The highest BCUT2D eigenvalue weighted by Gasteiger charge is 2.12. The van der Waals surface area contributed by atoms with Gasteiger partial charge in [-0.05, 0) is 42.0 Å². The lowest BCUT2D eigenvalue weighted by Crippen LogP contribution is -2.19. The highest BCUT2D eigenvalue weighted by atomic mass is 79.9. The van der Waals surface area contributed by atoms with Gasteiger partial charge in [0.2, 0.25) is 11.0 Å². The monoisotopic (exact) mass is 488 g/mol. The van der Waals surface area contributed by atoms with Crippen molar-refractivity contribution in [3.63, 3.8) is 0 Å². The number of carbonyl (C=O) groups excluding carboxylic acids is 2. The van der Waals surface area contributed by atoms with E-state index in [0.29, 0.717) is 16.1 Å². The fourth-order valence-electron chi connectivity index (χ4n) is 2.18. The standard InChI is InChI=1S/C18H13BrN6O4S/c19-13-5-3-12(4-6-13)17(27)21-18-24-23-16(30-18)9-15(26)22-20-10-11-1-7-14(8-2-11)25(28)29/h1-8,10H,9H2,(H,22,26)(H,21,24,27)/b20-10-. The quantitative estimate of drug-likeness (QED) is 0.297. The molecule has 0 spiro atoms. The first-order valence-corrected chi connectivity index (χ1v) is 9.97. The van der Waals surface area contributed by atoms with E-state index in [-0.39, 0.29) is 23.1 Å². The second kappa shape index (κ2) is 9.80. The minimum Gasteiger partial charge on any atom is -0.296 e. The second-order valence-corrected chi connectivity index (χ2v) is 7.76. The Kier molecular flexibility index (Phi) is 6.93. The van der Waals surface area contributed by atoms with Gasteiger partial charge in [-0.3, -0.25) is 25.0 Å². The third-order valence-electron chi connectivity index (χ3n) is 3.61. The maximum atomic E-state index is 12.2. The summed E-state index contributed by atoms with van der Waals surface area (Å²) < 4.78 is 0.861. The summed E-state index contributed by atoms with van der Waals surface area (Å²) in [5, 5.41) is 25.5. The molecule has 0 bridgehead atoms. The van der Waals surface area contributed by atoms with Gasteiger partial charge in [0.15, 0.2) is 0 Å². The number of hydrogen-bond acceptors (Lipinski definition) is 8. The molecular formula is C18H13BrN6O4S. The average Bonchev–Trinajstić information content (AvgIpc) is 3.15. The summed E-state index contributed by atoms with van der Waals surface area (Å²) in [5.74, 6) is -0.752. The van der Waals surface area contributed by atoms with Crippen LogP contribution in [0.25, 0.3) is 0 Å². The summed E-state index contributed by atoms with van der Waals surface area (Å²) in [4.78, 5) is 34.2. The molecule has 3 rings (SSSR count). The molecule has 30 heavy (non-hydrogen) atoms. The van der Waals surface area contributed by atoms with Crippen LogP contribution in [0.2, 0.25) is 0 Å². The van der Waals surface area contributed by atoms with E-state index in [4.69, 9.17) is 0 Å². The number of non-ortho nitro benzene ring substituents is 1. The van der Waals surface area contributed by atoms with Crippen LogP contribution in [0.3, 0.4) is 0 Å². The number of amides is 2. The first-order chi connectivity index (χ1) is 14.4. The molecule has 0 aliphatic heterocycles. The van der Waals surface area contributed by atoms with Gasteiger partial charge >= 0.3 is 0 Å². The van der Waals surface area contributed by atoms with E-state index in [0.717, 1.165) is 15.8 Å². The van der Waals surface area contributed by atoms with Gasteiger partial charge in [0.25, 0.3) is 11.6 Å². The lowest BCUT2D eigenvalue weighted by atomic mass is 10.2. The Bertz CT molecular complexity index is 1100. The van der Waals surface area contributed by atoms with Gasteiger partial charge in [0, 0.05) is 22.2 Å². The predicted octanol–water partition coefficient (Wildman–Crippen LogP) is 3.15. The average molecular weight is 489 g/mol. The predicted molar refractivity (Wildman–Crippen MR) is 115 cm³/mol. The molecule has 0 saturated heterocycles. The summed E-state index contributed by atoms with van der Waals surface area (Å²) in [6, 6.07) is 12.5. The minimum absolute atomic E-state index is 0.0320. The van der Waals surface area contributed by atoms with Gasteiger partial charge in [-0.2, -0.15) is 5.10 Å². The van der Waals surface area contributed by atoms with Crippen LogP contribution in [-0.2, 0) is 11.2 Å². The molecule has 0 aliphatic carbocycles. The summed E-state index contributed by atoms with van der Waals surface area (Å²) in [6.07, 6.45) is 1.30. The van der Waals surface area contributed by atoms with Crippen LogP contribution in [0.4, 0.5) is 10.8 Å². The summed E-state index contributed by atoms with van der Waals surface area (Å²) in [5.41, 5.74) is 3.37. The normalized spacial score (nSPS) is 10.7. The van der Waals surface area contributed by atoms with Crippen LogP contribution in [-0.4, -0.2) is 33.1 Å². The third kappa shape index (κ3) is 5.99. The SMILES string of the molecule is O=C(Cc1nnc(NC(=O)c2ccc(Br)cc2)s1)N/N=C\c1ccc([N+](=O)[O-])cc1. The molecule has 152 valence electrons. The first-order valence-electron chi connectivity index (χ1n) is 8.36. The number of nitro benzene ring substituents is 1. The number of rotatable bonds is 7. The van der Waals surface area contributed by atoms with E-state index in [9.17, 15) is 19.7 Å². The fraction of sp³-hybridized carbons (Fsp3) is 0.0556. The number of hydrogen-bond donors (Lipinski definition) is 2. The van der Waals surface area contributed by atoms with Crippen molar-refractivity contribution in [2.24, 2.45) is 5.10 Å². The molecule has 0 fully saturated rings. The minimum atomic E-state index is -0.500. The Hall–Kier alpha value is -3.51. The van der Waals surface area contributed by atoms with Crippen molar-refractivity contribution in [3.8, 4) is 0 Å². The van der Waals surface area contributed by atoms with E-state index in [1.54, 1.807) is 24.3 Å². The molecule has 2 aromatic carbocycles.